The van der Waals surface area contributed by atoms with Crippen LogP contribution in [0, 0.1) is 0 Å². The van der Waals surface area contributed by atoms with Gasteiger partial charge in [-0.15, -0.1) is 0 Å². The predicted molar refractivity (Wildman–Crippen MR) is 77.2 cm³/mol. The fourth-order valence-electron chi connectivity index (χ4n) is 2.56. The Labute approximate surface area is 122 Å². The molecule has 1 aliphatic heterocycles. The zero-order valence-electron chi connectivity index (χ0n) is 11.0. The number of hydrogen-bond donors (Lipinski definition) is 2. The molecule has 1 saturated heterocycles. The van der Waals surface area contributed by atoms with Crippen LogP contribution in [0.2, 0.25) is 5.02 Å². The number of anilines is 1. The average Bonchev–Trinajstić information content (AvgIpc) is 2.63. The number of primary amides is 1. The van der Waals surface area contributed by atoms with Crippen LogP contribution in [0.3, 0.4) is 0 Å². The molecule has 0 aromatic heterocycles. The zero-order chi connectivity index (χ0) is 14.7. The number of hydrogen-bond acceptors (Lipinski definition) is 3. The van der Waals surface area contributed by atoms with E-state index in [2.05, 4.69) is 0 Å². The van der Waals surface area contributed by atoms with Crippen LogP contribution >= 0.6 is 11.6 Å². The molecule has 0 bridgehead atoms. The van der Waals surface area contributed by atoms with Gasteiger partial charge in [0, 0.05) is 12.2 Å². The van der Waals surface area contributed by atoms with Crippen molar-refractivity contribution in [2.24, 2.45) is 5.73 Å². The number of amides is 1. The van der Waals surface area contributed by atoms with Crippen LogP contribution in [0.15, 0.2) is 18.2 Å². The monoisotopic (exact) mass is 296 g/mol. The summed E-state index contributed by atoms with van der Waals surface area (Å²) in [5.41, 5.74) is 6.18. The second-order valence-corrected chi connectivity index (χ2v) is 5.33. The molecule has 20 heavy (non-hydrogen) atoms. The second kappa shape index (κ2) is 6.13. The molecule has 2 rings (SSSR count). The van der Waals surface area contributed by atoms with Gasteiger partial charge >= 0.3 is 5.97 Å². The Balaban J connectivity index is 2.34. The summed E-state index contributed by atoms with van der Waals surface area (Å²) in [7, 11) is 0. The lowest BCUT2D eigenvalue weighted by Crippen LogP contribution is -2.40. The van der Waals surface area contributed by atoms with Crippen molar-refractivity contribution in [1.29, 1.82) is 0 Å². The van der Waals surface area contributed by atoms with Gasteiger partial charge in [-0.1, -0.05) is 24.4 Å². The molecule has 5 nitrogen and oxygen atoms in total. The molecular formula is C14H17ClN2O3. The number of carbonyl (C=O) groups is 2. The third kappa shape index (κ3) is 3.04. The quantitative estimate of drug-likeness (QED) is 0.896. The lowest BCUT2D eigenvalue weighted by atomic mass is 10.1. The highest BCUT2D eigenvalue weighted by atomic mass is 35.5. The van der Waals surface area contributed by atoms with E-state index < -0.39 is 17.9 Å². The number of carbonyl (C=O) groups excluding carboxylic acids is 1. The van der Waals surface area contributed by atoms with E-state index in [0.717, 1.165) is 19.3 Å². The molecule has 3 N–H and O–H groups in total. The smallest absolute Gasteiger partial charge is 0.326 e. The number of carboxylic acid groups (broad SMARTS) is 1. The van der Waals surface area contributed by atoms with Gasteiger partial charge in [0.25, 0.3) is 0 Å². The van der Waals surface area contributed by atoms with E-state index in [1.165, 1.54) is 0 Å². The highest BCUT2D eigenvalue weighted by molar-refractivity contribution is 6.34. The van der Waals surface area contributed by atoms with Crippen molar-refractivity contribution in [3.63, 3.8) is 0 Å². The summed E-state index contributed by atoms with van der Waals surface area (Å²) < 4.78 is 0. The van der Waals surface area contributed by atoms with Crippen LogP contribution in [0.4, 0.5) is 5.69 Å². The summed E-state index contributed by atoms with van der Waals surface area (Å²) in [5, 5.41) is 9.61. The summed E-state index contributed by atoms with van der Waals surface area (Å²) >= 11 is 6.04. The van der Waals surface area contributed by atoms with Crippen molar-refractivity contribution in [1.82, 2.24) is 0 Å². The number of rotatable bonds is 3. The van der Waals surface area contributed by atoms with E-state index in [1.807, 2.05) is 4.90 Å². The van der Waals surface area contributed by atoms with Crippen LogP contribution in [0.5, 0.6) is 0 Å². The first-order chi connectivity index (χ1) is 9.50. The molecule has 1 aliphatic rings. The van der Waals surface area contributed by atoms with Gasteiger partial charge in [0.05, 0.1) is 10.6 Å². The largest absolute Gasteiger partial charge is 0.480 e. The van der Waals surface area contributed by atoms with Crippen molar-refractivity contribution in [3.8, 4) is 0 Å². The van der Waals surface area contributed by atoms with Crippen LogP contribution in [-0.2, 0) is 4.79 Å². The van der Waals surface area contributed by atoms with Gasteiger partial charge in [0.2, 0.25) is 5.91 Å². The average molecular weight is 297 g/mol. The molecule has 1 heterocycles. The Morgan fingerprint density at radius 2 is 2.05 bits per heavy atom. The van der Waals surface area contributed by atoms with E-state index in [4.69, 9.17) is 17.3 Å². The van der Waals surface area contributed by atoms with Gasteiger partial charge < -0.3 is 15.7 Å². The maximum atomic E-state index is 11.4. The molecule has 0 aliphatic carbocycles. The summed E-state index contributed by atoms with van der Waals surface area (Å²) in [6.45, 7) is 0.670. The van der Waals surface area contributed by atoms with Crippen LogP contribution in [0.1, 0.15) is 36.0 Å². The lowest BCUT2D eigenvalue weighted by molar-refractivity contribution is -0.138. The molecule has 1 amide bonds. The number of nitrogens with two attached hydrogens (primary N) is 1. The summed E-state index contributed by atoms with van der Waals surface area (Å²) in [5.74, 6) is -1.42. The fourth-order valence-corrected chi connectivity index (χ4v) is 2.82. The second-order valence-electron chi connectivity index (χ2n) is 4.93. The van der Waals surface area contributed by atoms with Crippen molar-refractivity contribution < 1.29 is 14.7 Å². The molecule has 1 atom stereocenters. The molecule has 1 fully saturated rings. The first kappa shape index (κ1) is 14.7. The maximum Gasteiger partial charge on any atom is 0.326 e. The molecular weight excluding hydrogens is 280 g/mol. The number of carboxylic acids is 1. The van der Waals surface area contributed by atoms with Gasteiger partial charge in [-0.2, -0.15) is 0 Å². The SMILES string of the molecule is NC(=O)c1ccc(N2CCCCCC2C(=O)O)cc1Cl. The van der Waals surface area contributed by atoms with Gasteiger partial charge in [-0.05, 0) is 31.0 Å². The van der Waals surface area contributed by atoms with E-state index in [-0.39, 0.29) is 10.6 Å². The standard InChI is InChI=1S/C14H17ClN2O3/c15-11-8-9(5-6-10(11)13(16)18)17-7-3-1-2-4-12(17)14(19)20/h5-6,8,12H,1-4,7H2,(H2,16,18)(H,19,20). The fraction of sp³-hybridized carbons (Fsp3) is 0.429. The highest BCUT2D eigenvalue weighted by Gasteiger charge is 2.27. The van der Waals surface area contributed by atoms with Crippen molar-refractivity contribution in [2.45, 2.75) is 31.7 Å². The van der Waals surface area contributed by atoms with Gasteiger partial charge in [0.1, 0.15) is 6.04 Å². The predicted octanol–water partition coefficient (Wildman–Crippen LogP) is 2.27. The van der Waals surface area contributed by atoms with Crippen LogP contribution < -0.4 is 10.6 Å². The Kier molecular flexibility index (Phi) is 4.49. The Hall–Kier alpha value is -1.75. The van der Waals surface area contributed by atoms with Crippen molar-refractivity contribution >= 4 is 29.2 Å². The topological polar surface area (TPSA) is 83.6 Å². The molecule has 6 heteroatoms. The minimum absolute atomic E-state index is 0.247. The van der Waals surface area contributed by atoms with Gasteiger partial charge in [-0.25, -0.2) is 4.79 Å². The lowest BCUT2D eigenvalue weighted by Gasteiger charge is -2.29. The third-order valence-corrected chi connectivity index (χ3v) is 3.90. The third-order valence-electron chi connectivity index (χ3n) is 3.59. The first-order valence-electron chi connectivity index (χ1n) is 6.59. The molecule has 1 aromatic rings. The Morgan fingerprint density at radius 1 is 1.30 bits per heavy atom. The molecule has 108 valence electrons. The van der Waals surface area contributed by atoms with E-state index in [0.29, 0.717) is 18.7 Å². The number of nitrogens with zero attached hydrogens (tertiary/aromatic N) is 1. The maximum absolute atomic E-state index is 11.4. The van der Waals surface area contributed by atoms with Crippen molar-refractivity contribution in [3.05, 3.63) is 28.8 Å². The number of halogens is 1. The van der Waals surface area contributed by atoms with Gasteiger partial charge in [-0.3, -0.25) is 4.79 Å². The normalized spacial score (nSPS) is 19.4. The highest BCUT2D eigenvalue weighted by Crippen LogP contribution is 2.28. The first-order valence-corrected chi connectivity index (χ1v) is 6.97. The minimum atomic E-state index is -0.831. The number of aliphatic carboxylic acids is 1. The van der Waals surface area contributed by atoms with E-state index in [1.54, 1.807) is 18.2 Å². The van der Waals surface area contributed by atoms with Crippen LogP contribution in [0.25, 0.3) is 0 Å². The molecule has 1 aromatic carbocycles. The van der Waals surface area contributed by atoms with E-state index >= 15 is 0 Å². The summed E-state index contributed by atoms with van der Waals surface area (Å²) in [4.78, 5) is 24.4. The van der Waals surface area contributed by atoms with Crippen LogP contribution in [-0.4, -0.2) is 29.6 Å². The summed E-state index contributed by atoms with van der Waals surface area (Å²) in [6, 6.07) is 4.31. The molecule has 0 spiro atoms. The zero-order valence-corrected chi connectivity index (χ0v) is 11.8. The molecule has 0 radical (unpaired) electrons. The molecule has 0 saturated carbocycles. The molecule has 1 unspecified atom stereocenters. The Bertz CT molecular complexity index is 533. The Morgan fingerprint density at radius 3 is 2.65 bits per heavy atom. The van der Waals surface area contributed by atoms with E-state index in [9.17, 15) is 14.7 Å². The summed E-state index contributed by atoms with van der Waals surface area (Å²) in [6.07, 6.45) is 3.48. The minimum Gasteiger partial charge on any atom is -0.480 e. The van der Waals surface area contributed by atoms with Crippen molar-refractivity contribution in [2.75, 3.05) is 11.4 Å². The number of benzene rings is 1. The van der Waals surface area contributed by atoms with Gasteiger partial charge in [0.15, 0.2) is 0 Å².